The van der Waals surface area contributed by atoms with Gasteiger partial charge < -0.3 is 15.7 Å². The molecule has 0 radical (unpaired) electrons. The summed E-state index contributed by atoms with van der Waals surface area (Å²) in [6.07, 6.45) is 0.312. The molecule has 0 bridgehead atoms. The van der Waals surface area contributed by atoms with Crippen LogP contribution in [0.25, 0.3) is 0 Å². The second kappa shape index (κ2) is 7.64. The summed E-state index contributed by atoms with van der Waals surface area (Å²) in [5.41, 5.74) is 1.15. The van der Waals surface area contributed by atoms with Crippen LogP contribution >= 0.6 is 11.3 Å². The zero-order valence-corrected chi connectivity index (χ0v) is 13.6. The van der Waals surface area contributed by atoms with E-state index >= 15 is 0 Å². The fourth-order valence-electron chi connectivity index (χ4n) is 2.17. The molecule has 1 aromatic rings. The van der Waals surface area contributed by atoms with E-state index < -0.39 is 0 Å². The first kappa shape index (κ1) is 17.0. The largest absolute Gasteiger partial charge is 0.393 e. The Morgan fingerprint density at radius 3 is 2.65 bits per heavy atom. The molecule has 0 saturated carbocycles. The highest BCUT2D eigenvalue weighted by Gasteiger charge is 2.21. The molecule has 0 fully saturated rings. The van der Waals surface area contributed by atoms with Crippen molar-refractivity contribution < 1.29 is 9.90 Å². The molecule has 0 aliphatic carbocycles. The van der Waals surface area contributed by atoms with Crippen LogP contribution in [0.5, 0.6) is 0 Å². The monoisotopic (exact) mass is 298 g/mol. The van der Waals surface area contributed by atoms with Crippen molar-refractivity contribution >= 4 is 17.4 Å². The van der Waals surface area contributed by atoms with E-state index in [0.29, 0.717) is 25.4 Å². The Morgan fingerprint density at radius 1 is 1.40 bits per heavy atom. The molecule has 0 saturated heterocycles. The predicted molar refractivity (Wildman–Crippen MR) is 84.2 cm³/mol. The Bertz CT molecular complexity index is 402. The maximum Gasteiger partial charge on any atom is 0.314 e. The molecular weight excluding hydrogens is 272 g/mol. The van der Waals surface area contributed by atoms with Gasteiger partial charge in [-0.3, -0.25) is 0 Å². The number of thiophene rings is 1. The average Bonchev–Trinajstić information content (AvgIpc) is 2.85. The van der Waals surface area contributed by atoms with Crippen molar-refractivity contribution in [2.45, 2.75) is 46.1 Å². The van der Waals surface area contributed by atoms with Crippen LogP contribution in [0.15, 0.2) is 16.8 Å². The molecule has 114 valence electrons. The maximum absolute atomic E-state index is 11.8. The van der Waals surface area contributed by atoms with E-state index in [4.69, 9.17) is 0 Å². The first-order valence-corrected chi connectivity index (χ1v) is 7.96. The third-order valence-corrected chi connectivity index (χ3v) is 3.96. The smallest absolute Gasteiger partial charge is 0.314 e. The number of rotatable bonds is 7. The van der Waals surface area contributed by atoms with E-state index in [2.05, 4.69) is 29.0 Å². The first-order chi connectivity index (χ1) is 9.30. The summed E-state index contributed by atoms with van der Waals surface area (Å²) in [5, 5.41) is 19.3. The summed E-state index contributed by atoms with van der Waals surface area (Å²) in [6, 6.07) is 1.94. The quantitative estimate of drug-likeness (QED) is 0.725. The van der Waals surface area contributed by atoms with Crippen molar-refractivity contribution in [1.82, 2.24) is 10.6 Å². The van der Waals surface area contributed by atoms with Crippen LogP contribution < -0.4 is 10.6 Å². The van der Waals surface area contributed by atoms with Gasteiger partial charge in [0.15, 0.2) is 0 Å². The Kier molecular flexibility index (Phi) is 6.49. The minimum absolute atomic E-state index is 0.107. The summed E-state index contributed by atoms with van der Waals surface area (Å²) < 4.78 is 0. The molecule has 5 heteroatoms. The standard InChI is InChI=1S/C15H26N2O2S/c1-11(13-5-6-20-9-13)8-16-14(19)17-10-15(3,4)7-12(2)18/h5-6,9,11-12,18H,7-8,10H2,1-4H3,(H2,16,17,19). The maximum atomic E-state index is 11.8. The Hall–Kier alpha value is -1.07. The topological polar surface area (TPSA) is 61.4 Å². The highest BCUT2D eigenvalue weighted by atomic mass is 32.1. The van der Waals surface area contributed by atoms with Crippen molar-refractivity contribution in [3.8, 4) is 0 Å². The average molecular weight is 298 g/mol. The van der Waals surface area contributed by atoms with Gasteiger partial charge in [-0.2, -0.15) is 11.3 Å². The van der Waals surface area contributed by atoms with Crippen LogP contribution in [-0.2, 0) is 0 Å². The van der Waals surface area contributed by atoms with E-state index in [0.717, 1.165) is 0 Å². The molecular formula is C15H26N2O2S. The lowest BCUT2D eigenvalue weighted by Gasteiger charge is -2.26. The SMILES string of the molecule is CC(O)CC(C)(C)CNC(=O)NCC(C)c1ccsc1. The van der Waals surface area contributed by atoms with E-state index in [9.17, 15) is 9.90 Å². The molecule has 0 spiro atoms. The molecule has 1 heterocycles. The van der Waals surface area contributed by atoms with Gasteiger partial charge in [-0.1, -0.05) is 20.8 Å². The van der Waals surface area contributed by atoms with Gasteiger partial charge in [-0.25, -0.2) is 4.79 Å². The molecule has 2 unspecified atom stereocenters. The lowest BCUT2D eigenvalue weighted by molar-refractivity contribution is 0.129. The Morgan fingerprint density at radius 2 is 2.10 bits per heavy atom. The second-order valence-electron chi connectivity index (χ2n) is 6.24. The number of nitrogens with one attached hydrogen (secondary N) is 2. The van der Waals surface area contributed by atoms with E-state index in [-0.39, 0.29) is 17.6 Å². The fraction of sp³-hybridized carbons (Fsp3) is 0.667. The molecule has 4 nitrogen and oxygen atoms in total. The van der Waals surface area contributed by atoms with Gasteiger partial charge in [0.2, 0.25) is 0 Å². The molecule has 1 rings (SSSR count). The van der Waals surface area contributed by atoms with Gasteiger partial charge >= 0.3 is 6.03 Å². The van der Waals surface area contributed by atoms with E-state index in [1.807, 2.05) is 19.2 Å². The van der Waals surface area contributed by atoms with Crippen LogP contribution in [0.2, 0.25) is 0 Å². The van der Waals surface area contributed by atoms with Crippen molar-refractivity contribution in [3.05, 3.63) is 22.4 Å². The number of amides is 2. The third kappa shape index (κ3) is 6.39. The normalized spacial score (nSPS) is 14.7. The van der Waals surface area contributed by atoms with E-state index in [1.54, 1.807) is 18.3 Å². The summed E-state index contributed by atoms with van der Waals surface area (Å²) in [6.45, 7) is 9.11. The number of aliphatic hydroxyl groups excluding tert-OH is 1. The summed E-state index contributed by atoms with van der Waals surface area (Å²) in [7, 11) is 0. The number of carbonyl (C=O) groups excluding carboxylic acids is 1. The van der Waals surface area contributed by atoms with Crippen LogP contribution in [0.4, 0.5) is 4.79 Å². The Labute approximate surface area is 125 Å². The molecule has 2 amide bonds. The van der Waals surface area contributed by atoms with Gasteiger partial charge in [-0.15, -0.1) is 0 Å². The zero-order valence-electron chi connectivity index (χ0n) is 12.8. The minimum Gasteiger partial charge on any atom is -0.393 e. The predicted octanol–water partition coefficient (Wildman–Crippen LogP) is 2.95. The molecule has 1 aromatic heterocycles. The van der Waals surface area contributed by atoms with Crippen LogP contribution in [0.1, 0.15) is 45.6 Å². The van der Waals surface area contributed by atoms with Gasteiger partial charge in [0.05, 0.1) is 6.10 Å². The number of carbonyl (C=O) groups is 1. The molecule has 2 atom stereocenters. The van der Waals surface area contributed by atoms with Crippen molar-refractivity contribution in [3.63, 3.8) is 0 Å². The van der Waals surface area contributed by atoms with Gasteiger partial charge in [-0.05, 0) is 47.1 Å². The number of urea groups is 1. The highest BCUT2D eigenvalue weighted by molar-refractivity contribution is 7.07. The molecule has 0 aliphatic heterocycles. The minimum atomic E-state index is -0.353. The van der Waals surface area contributed by atoms with Crippen molar-refractivity contribution in [2.24, 2.45) is 5.41 Å². The number of aliphatic hydroxyl groups is 1. The van der Waals surface area contributed by atoms with Crippen LogP contribution in [-0.4, -0.2) is 30.3 Å². The van der Waals surface area contributed by atoms with Crippen molar-refractivity contribution in [2.75, 3.05) is 13.1 Å². The molecule has 20 heavy (non-hydrogen) atoms. The van der Waals surface area contributed by atoms with Gasteiger partial charge in [0.1, 0.15) is 0 Å². The third-order valence-electron chi connectivity index (χ3n) is 3.26. The van der Waals surface area contributed by atoms with Crippen LogP contribution in [0.3, 0.4) is 0 Å². The first-order valence-electron chi connectivity index (χ1n) is 7.02. The van der Waals surface area contributed by atoms with Gasteiger partial charge in [0.25, 0.3) is 0 Å². The number of hydrogen-bond acceptors (Lipinski definition) is 3. The van der Waals surface area contributed by atoms with E-state index in [1.165, 1.54) is 5.56 Å². The van der Waals surface area contributed by atoms with Gasteiger partial charge in [0, 0.05) is 13.1 Å². The molecule has 0 aliphatic rings. The fourth-order valence-corrected chi connectivity index (χ4v) is 2.96. The second-order valence-corrected chi connectivity index (χ2v) is 7.02. The van der Waals surface area contributed by atoms with Crippen molar-refractivity contribution in [1.29, 1.82) is 0 Å². The number of hydrogen-bond donors (Lipinski definition) is 3. The lowest BCUT2D eigenvalue weighted by atomic mass is 9.87. The highest BCUT2D eigenvalue weighted by Crippen LogP contribution is 2.21. The summed E-state index contributed by atoms with van der Waals surface area (Å²) in [4.78, 5) is 11.8. The summed E-state index contributed by atoms with van der Waals surface area (Å²) in [5.74, 6) is 0.317. The Balaban J connectivity index is 2.27. The molecule has 0 aromatic carbocycles. The lowest BCUT2D eigenvalue weighted by Crippen LogP contribution is -2.42. The zero-order chi connectivity index (χ0) is 15.2. The van der Waals surface area contributed by atoms with Crippen LogP contribution in [0, 0.1) is 5.41 Å². The summed E-state index contributed by atoms with van der Waals surface area (Å²) >= 11 is 1.67. The molecule has 3 N–H and O–H groups in total.